The Hall–Kier alpha value is -2.44. The number of fused-ring (bicyclic) bond motifs is 1. The maximum Gasteiger partial charge on any atom is 0.323 e. The van der Waals surface area contributed by atoms with Crippen LogP contribution in [0.4, 0.5) is 10.5 Å². The number of amides is 2. The number of aromatic amines is 2. The highest BCUT2D eigenvalue weighted by Crippen LogP contribution is 2.20. The van der Waals surface area contributed by atoms with E-state index in [1.807, 2.05) is 41.8 Å². The fraction of sp³-hybridized carbons (Fsp3) is 0.500. The molecule has 3 rings (SSSR count). The largest absolute Gasteiger partial charge is 0.368 e. The summed E-state index contributed by atoms with van der Waals surface area (Å²) in [5.41, 5.74) is 2.51. The highest BCUT2D eigenvalue weighted by Gasteiger charge is 2.24. The molecule has 23 heavy (non-hydrogen) atoms. The first-order chi connectivity index (χ1) is 11.1. The summed E-state index contributed by atoms with van der Waals surface area (Å²) in [6, 6.07) is 6.03. The summed E-state index contributed by atoms with van der Waals surface area (Å²) < 4.78 is 0. The van der Waals surface area contributed by atoms with Crippen LogP contribution in [0.25, 0.3) is 11.0 Å². The van der Waals surface area contributed by atoms with Gasteiger partial charge in [-0.2, -0.15) is 0 Å². The van der Waals surface area contributed by atoms with E-state index in [1.165, 1.54) is 0 Å². The van der Waals surface area contributed by atoms with Gasteiger partial charge in [0.2, 0.25) is 0 Å². The predicted molar refractivity (Wildman–Crippen MR) is 91.0 cm³/mol. The molecule has 7 heteroatoms. The smallest absolute Gasteiger partial charge is 0.323 e. The van der Waals surface area contributed by atoms with Gasteiger partial charge < -0.3 is 24.7 Å². The Kier molecular flexibility index (Phi) is 4.27. The average molecular weight is 317 g/mol. The average Bonchev–Trinajstić information content (AvgIpc) is 2.95. The third-order valence-corrected chi connectivity index (χ3v) is 4.45. The zero-order valence-electron chi connectivity index (χ0n) is 13.6. The highest BCUT2D eigenvalue weighted by molar-refractivity contribution is 5.79. The van der Waals surface area contributed by atoms with Gasteiger partial charge in [-0.3, -0.25) is 0 Å². The maximum absolute atomic E-state index is 12.4. The Labute approximate surface area is 134 Å². The van der Waals surface area contributed by atoms with Crippen molar-refractivity contribution in [3.63, 3.8) is 0 Å². The van der Waals surface area contributed by atoms with E-state index < -0.39 is 0 Å². The molecule has 1 fully saturated rings. The normalized spacial score (nSPS) is 15.2. The Morgan fingerprint density at radius 3 is 2.39 bits per heavy atom. The van der Waals surface area contributed by atoms with E-state index in [2.05, 4.69) is 14.9 Å². The van der Waals surface area contributed by atoms with E-state index >= 15 is 0 Å². The molecule has 0 unspecified atom stereocenters. The van der Waals surface area contributed by atoms with Crippen LogP contribution in [0.1, 0.15) is 13.8 Å². The van der Waals surface area contributed by atoms with Crippen LogP contribution < -0.4 is 10.6 Å². The van der Waals surface area contributed by atoms with Crippen molar-refractivity contribution in [3.05, 3.63) is 28.7 Å². The van der Waals surface area contributed by atoms with Gasteiger partial charge in [-0.1, -0.05) is 0 Å². The number of carbonyl (C=O) groups excluding carboxylic acids is 1. The number of H-pyrrole nitrogens is 2. The van der Waals surface area contributed by atoms with Gasteiger partial charge in [-0.25, -0.2) is 9.59 Å². The van der Waals surface area contributed by atoms with Crippen molar-refractivity contribution in [3.8, 4) is 0 Å². The summed E-state index contributed by atoms with van der Waals surface area (Å²) in [4.78, 5) is 35.3. The van der Waals surface area contributed by atoms with Crippen molar-refractivity contribution in [1.82, 2.24) is 19.8 Å². The van der Waals surface area contributed by atoms with Crippen molar-refractivity contribution >= 4 is 22.8 Å². The number of benzene rings is 1. The zero-order chi connectivity index (χ0) is 16.4. The molecule has 1 saturated heterocycles. The molecule has 1 aliphatic rings. The predicted octanol–water partition coefficient (Wildman–Crippen LogP) is 1.44. The van der Waals surface area contributed by atoms with E-state index in [4.69, 9.17) is 0 Å². The lowest BCUT2D eigenvalue weighted by molar-refractivity contribution is 0.154. The van der Waals surface area contributed by atoms with Crippen LogP contribution >= 0.6 is 0 Å². The minimum absolute atomic E-state index is 0.125. The summed E-state index contributed by atoms with van der Waals surface area (Å²) in [7, 11) is 0. The lowest BCUT2D eigenvalue weighted by Crippen LogP contribution is -2.52. The first kappa shape index (κ1) is 15.5. The van der Waals surface area contributed by atoms with Gasteiger partial charge in [-0.05, 0) is 32.0 Å². The van der Waals surface area contributed by atoms with Crippen molar-refractivity contribution in [2.75, 3.05) is 44.2 Å². The number of carbonyl (C=O) groups is 1. The number of nitrogens with zero attached hydrogens (tertiary/aromatic N) is 3. The molecule has 0 spiro atoms. The van der Waals surface area contributed by atoms with E-state index in [-0.39, 0.29) is 11.7 Å². The van der Waals surface area contributed by atoms with Crippen LogP contribution in [-0.4, -0.2) is 65.1 Å². The van der Waals surface area contributed by atoms with Gasteiger partial charge in [0, 0.05) is 45.0 Å². The molecule has 1 aliphatic heterocycles. The van der Waals surface area contributed by atoms with Gasteiger partial charge >= 0.3 is 11.7 Å². The summed E-state index contributed by atoms with van der Waals surface area (Å²) in [6.07, 6.45) is 0. The second kappa shape index (κ2) is 6.36. The van der Waals surface area contributed by atoms with Crippen LogP contribution in [-0.2, 0) is 0 Å². The fourth-order valence-electron chi connectivity index (χ4n) is 3.07. The number of piperazine rings is 1. The first-order valence-corrected chi connectivity index (χ1v) is 8.13. The number of anilines is 1. The van der Waals surface area contributed by atoms with Crippen molar-refractivity contribution in [1.29, 1.82) is 0 Å². The topological polar surface area (TPSA) is 75.4 Å². The molecule has 2 amide bonds. The number of nitrogens with one attached hydrogen (secondary N) is 2. The Balaban J connectivity index is 1.68. The molecule has 0 radical (unpaired) electrons. The number of aromatic nitrogens is 2. The summed E-state index contributed by atoms with van der Waals surface area (Å²) in [5.74, 6) is 0. The molecule has 2 heterocycles. The summed E-state index contributed by atoms with van der Waals surface area (Å²) >= 11 is 0. The molecule has 0 aliphatic carbocycles. The van der Waals surface area contributed by atoms with Crippen molar-refractivity contribution in [2.24, 2.45) is 0 Å². The van der Waals surface area contributed by atoms with E-state index in [0.29, 0.717) is 0 Å². The van der Waals surface area contributed by atoms with E-state index in [0.717, 1.165) is 56.0 Å². The van der Waals surface area contributed by atoms with Gasteiger partial charge in [0.1, 0.15) is 0 Å². The molecule has 2 N–H and O–H groups in total. The van der Waals surface area contributed by atoms with Crippen LogP contribution in [0.5, 0.6) is 0 Å². The number of hydrogen-bond donors (Lipinski definition) is 2. The van der Waals surface area contributed by atoms with Crippen LogP contribution in [0.2, 0.25) is 0 Å². The van der Waals surface area contributed by atoms with Crippen LogP contribution in [0.3, 0.4) is 0 Å². The summed E-state index contributed by atoms with van der Waals surface area (Å²) in [6.45, 7) is 8.53. The Bertz CT molecular complexity index is 738. The van der Waals surface area contributed by atoms with Crippen molar-refractivity contribution in [2.45, 2.75) is 13.8 Å². The molecule has 0 atom stereocenters. The van der Waals surface area contributed by atoms with Gasteiger partial charge in [-0.15, -0.1) is 0 Å². The third-order valence-electron chi connectivity index (χ3n) is 4.45. The standard InChI is InChI=1S/C16H23N5O2/c1-3-19(4-2)16(23)21-9-7-20(8-10-21)12-5-6-13-14(11-12)18-15(22)17-13/h5-6,11H,3-4,7-10H2,1-2H3,(H2,17,18,22). The molecule has 1 aromatic heterocycles. The number of urea groups is 1. The Morgan fingerprint density at radius 1 is 1.09 bits per heavy atom. The molecule has 7 nitrogen and oxygen atoms in total. The van der Waals surface area contributed by atoms with Gasteiger partial charge in [0.15, 0.2) is 0 Å². The second-order valence-corrected chi connectivity index (χ2v) is 5.74. The molecule has 0 saturated carbocycles. The minimum Gasteiger partial charge on any atom is -0.368 e. The fourth-order valence-corrected chi connectivity index (χ4v) is 3.07. The lowest BCUT2D eigenvalue weighted by Gasteiger charge is -2.38. The van der Waals surface area contributed by atoms with Gasteiger partial charge in [0.25, 0.3) is 0 Å². The van der Waals surface area contributed by atoms with Crippen LogP contribution in [0.15, 0.2) is 23.0 Å². The number of rotatable bonds is 3. The highest BCUT2D eigenvalue weighted by atomic mass is 16.2. The molecular weight excluding hydrogens is 294 g/mol. The van der Waals surface area contributed by atoms with Crippen LogP contribution in [0, 0.1) is 0 Å². The number of hydrogen-bond acceptors (Lipinski definition) is 3. The first-order valence-electron chi connectivity index (χ1n) is 8.13. The lowest BCUT2D eigenvalue weighted by atomic mass is 10.2. The minimum atomic E-state index is -0.188. The van der Waals surface area contributed by atoms with Crippen molar-refractivity contribution < 1.29 is 4.79 Å². The van der Waals surface area contributed by atoms with Gasteiger partial charge in [0.05, 0.1) is 11.0 Å². The molecule has 0 bridgehead atoms. The number of imidazole rings is 1. The maximum atomic E-state index is 12.4. The molecular formula is C16H23N5O2. The quantitative estimate of drug-likeness (QED) is 0.899. The van der Waals surface area contributed by atoms with E-state index in [1.54, 1.807) is 0 Å². The SMILES string of the molecule is CCN(CC)C(=O)N1CCN(c2ccc3[nH]c(=O)[nH]c3c2)CC1. The molecule has 1 aromatic carbocycles. The summed E-state index contributed by atoms with van der Waals surface area (Å²) in [5, 5.41) is 0. The third kappa shape index (κ3) is 3.04. The molecule has 2 aromatic rings. The van der Waals surface area contributed by atoms with E-state index in [9.17, 15) is 9.59 Å². The monoisotopic (exact) mass is 317 g/mol. The molecule has 124 valence electrons. The zero-order valence-corrected chi connectivity index (χ0v) is 13.6. The second-order valence-electron chi connectivity index (χ2n) is 5.74. The Morgan fingerprint density at radius 2 is 1.74 bits per heavy atom.